The van der Waals surface area contributed by atoms with E-state index in [4.69, 9.17) is 23.2 Å². The standard InChI is InChI=1S/C22H19Cl2F3N2O2S2/c23-16-4-1-14(2-5-16)11-17-13-32-21(28-17)29-9-7-18(8-10-29)33(30,31)20-12-15(22(25,26)27)3-6-19(20)24/h1-6,12-13,18H,7-11H2. The molecule has 2 aromatic carbocycles. The van der Waals surface area contributed by atoms with Crippen molar-refractivity contribution in [1.82, 2.24) is 4.98 Å². The molecule has 1 saturated heterocycles. The highest BCUT2D eigenvalue weighted by molar-refractivity contribution is 7.92. The third-order valence-electron chi connectivity index (χ3n) is 5.55. The number of benzene rings is 2. The molecule has 1 aliphatic heterocycles. The van der Waals surface area contributed by atoms with Gasteiger partial charge in [-0.1, -0.05) is 35.3 Å². The maximum Gasteiger partial charge on any atom is 0.416 e. The molecule has 33 heavy (non-hydrogen) atoms. The number of thiazole rings is 1. The summed E-state index contributed by atoms with van der Waals surface area (Å²) in [5, 5.41) is 2.43. The number of halogens is 5. The molecule has 0 amide bonds. The Balaban J connectivity index is 1.44. The Morgan fingerprint density at radius 2 is 1.73 bits per heavy atom. The van der Waals surface area contributed by atoms with E-state index in [9.17, 15) is 21.6 Å². The summed E-state index contributed by atoms with van der Waals surface area (Å²) in [7, 11) is -4.01. The summed E-state index contributed by atoms with van der Waals surface area (Å²) in [5.74, 6) is 0. The molecule has 1 aliphatic rings. The Kier molecular flexibility index (Phi) is 6.96. The predicted molar refractivity (Wildman–Crippen MR) is 125 cm³/mol. The van der Waals surface area contributed by atoms with Crippen molar-refractivity contribution in [3.63, 3.8) is 0 Å². The number of rotatable bonds is 5. The van der Waals surface area contributed by atoms with E-state index in [1.165, 1.54) is 11.3 Å². The molecule has 1 fully saturated rings. The number of sulfone groups is 1. The van der Waals surface area contributed by atoms with E-state index in [0.717, 1.165) is 28.5 Å². The molecule has 0 saturated carbocycles. The number of anilines is 1. The second-order valence-corrected chi connectivity index (χ2v) is 11.7. The fourth-order valence-electron chi connectivity index (χ4n) is 3.77. The zero-order valence-electron chi connectivity index (χ0n) is 17.1. The quantitative estimate of drug-likeness (QED) is 0.374. The van der Waals surface area contributed by atoms with Gasteiger partial charge in [0.1, 0.15) is 0 Å². The monoisotopic (exact) mass is 534 g/mol. The number of hydrogen-bond acceptors (Lipinski definition) is 5. The average molecular weight is 535 g/mol. The average Bonchev–Trinajstić information content (AvgIpc) is 3.23. The van der Waals surface area contributed by atoms with Gasteiger partial charge in [0.15, 0.2) is 15.0 Å². The number of alkyl halides is 3. The van der Waals surface area contributed by atoms with Crippen LogP contribution in [0, 0.1) is 0 Å². The van der Waals surface area contributed by atoms with Gasteiger partial charge in [0.05, 0.1) is 26.4 Å². The number of aromatic nitrogens is 1. The maximum atomic E-state index is 13.1. The Labute approximate surface area is 203 Å². The lowest BCUT2D eigenvalue weighted by Gasteiger charge is -2.31. The number of hydrogen-bond donors (Lipinski definition) is 0. The summed E-state index contributed by atoms with van der Waals surface area (Å²) >= 11 is 13.4. The molecule has 0 N–H and O–H groups in total. The SMILES string of the molecule is O=S(=O)(c1cc(C(F)(F)F)ccc1Cl)C1CCN(c2nc(Cc3ccc(Cl)cc3)cs2)CC1. The Hall–Kier alpha value is -1.81. The molecule has 0 aliphatic carbocycles. The highest BCUT2D eigenvalue weighted by Crippen LogP contribution is 2.36. The topological polar surface area (TPSA) is 50.3 Å². The lowest BCUT2D eigenvalue weighted by atomic mass is 10.1. The first kappa shape index (κ1) is 24.3. The van der Waals surface area contributed by atoms with Crippen molar-refractivity contribution >= 4 is 49.5 Å². The van der Waals surface area contributed by atoms with Gasteiger partial charge in [0, 0.05) is 29.9 Å². The van der Waals surface area contributed by atoms with Gasteiger partial charge < -0.3 is 4.90 Å². The molecule has 11 heteroatoms. The Morgan fingerprint density at radius 3 is 2.36 bits per heavy atom. The van der Waals surface area contributed by atoms with Crippen molar-refractivity contribution in [3.8, 4) is 0 Å². The van der Waals surface area contributed by atoms with E-state index < -0.39 is 31.7 Å². The lowest BCUT2D eigenvalue weighted by Crippen LogP contribution is -2.39. The molecule has 4 rings (SSSR count). The summed E-state index contributed by atoms with van der Waals surface area (Å²) in [5.41, 5.74) is 0.959. The van der Waals surface area contributed by atoms with Gasteiger partial charge in [0.2, 0.25) is 0 Å². The van der Waals surface area contributed by atoms with Gasteiger partial charge in [-0.3, -0.25) is 0 Å². The fourth-order valence-corrected chi connectivity index (χ4v) is 7.04. The van der Waals surface area contributed by atoms with E-state index in [1.807, 2.05) is 34.5 Å². The highest BCUT2D eigenvalue weighted by Gasteiger charge is 2.36. The van der Waals surface area contributed by atoms with Crippen LogP contribution >= 0.6 is 34.5 Å². The van der Waals surface area contributed by atoms with Crippen molar-refractivity contribution in [3.05, 3.63) is 74.7 Å². The zero-order chi connectivity index (χ0) is 23.8. The smallest absolute Gasteiger partial charge is 0.348 e. The van der Waals surface area contributed by atoms with Crippen LogP contribution in [0.15, 0.2) is 52.7 Å². The number of piperidine rings is 1. The third-order valence-corrected chi connectivity index (χ3v) is 9.50. The van der Waals surface area contributed by atoms with Crippen molar-refractivity contribution in [2.24, 2.45) is 0 Å². The van der Waals surface area contributed by atoms with Gasteiger partial charge in [-0.15, -0.1) is 11.3 Å². The van der Waals surface area contributed by atoms with E-state index in [-0.39, 0.29) is 17.9 Å². The van der Waals surface area contributed by atoms with Crippen molar-refractivity contribution < 1.29 is 21.6 Å². The van der Waals surface area contributed by atoms with Crippen LogP contribution < -0.4 is 4.90 Å². The molecule has 0 radical (unpaired) electrons. The second kappa shape index (κ2) is 9.44. The van der Waals surface area contributed by atoms with E-state index in [1.54, 1.807) is 0 Å². The normalized spacial score (nSPS) is 15.7. The molecular weight excluding hydrogens is 516 g/mol. The summed E-state index contributed by atoms with van der Waals surface area (Å²) in [4.78, 5) is 6.21. The van der Waals surface area contributed by atoms with Crippen LogP contribution in [0.1, 0.15) is 29.7 Å². The molecular formula is C22H19Cl2F3N2O2S2. The summed E-state index contributed by atoms with van der Waals surface area (Å²) in [6.45, 7) is 0.878. The molecule has 0 bridgehead atoms. The minimum Gasteiger partial charge on any atom is -0.348 e. The zero-order valence-corrected chi connectivity index (χ0v) is 20.3. The number of nitrogens with zero attached hydrogens (tertiary/aromatic N) is 2. The molecule has 4 nitrogen and oxygen atoms in total. The molecule has 0 unspecified atom stereocenters. The molecule has 3 aromatic rings. The molecule has 2 heterocycles. The first-order valence-electron chi connectivity index (χ1n) is 10.1. The minimum atomic E-state index is -4.65. The third kappa shape index (κ3) is 5.48. The first-order chi connectivity index (χ1) is 15.5. The van der Waals surface area contributed by atoms with Crippen molar-refractivity contribution in [2.75, 3.05) is 18.0 Å². The first-order valence-corrected chi connectivity index (χ1v) is 13.3. The van der Waals surface area contributed by atoms with Crippen LogP contribution in [0.25, 0.3) is 0 Å². The van der Waals surface area contributed by atoms with E-state index >= 15 is 0 Å². The van der Waals surface area contributed by atoms with Crippen LogP contribution in [0.4, 0.5) is 18.3 Å². The van der Waals surface area contributed by atoms with Crippen molar-refractivity contribution in [2.45, 2.75) is 35.6 Å². The molecule has 0 spiro atoms. The van der Waals surface area contributed by atoms with Gasteiger partial charge in [-0.25, -0.2) is 13.4 Å². The largest absolute Gasteiger partial charge is 0.416 e. The molecule has 176 valence electrons. The fraction of sp³-hybridized carbons (Fsp3) is 0.318. The van der Waals surface area contributed by atoms with Gasteiger partial charge >= 0.3 is 6.18 Å². The molecule has 0 atom stereocenters. The summed E-state index contributed by atoms with van der Waals surface area (Å²) < 4.78 is 65.3. The van der Waals surface area contributed by atoms with Crippen LogP contribution in [0.5, 0.6) is 0 Å². The van der Waals surface area contributed by atoms with Gasteiger partial charge in [0.25, 0.3) is 0 Å². The maximum absolute atomic E-state index is 13.1. The van der Waals surface area contributed by atoms with Gasteiger partial charge in [-0.05, 0) is 48.7 Å². The molecule has 1 aromatic heterocycles. The highest BCUT2D eigenvalue weighted by atomic mass is 35.5. The van der Waals surface area contributed by atoms with Crippen LogP contribution in [-0.2, 0) is 22.4 Å². The Morgan fingerprint density at radius 1 is 1.06 bits per heavy atom. The van der Waals surface area contributed by atoms with Crippen LogP contribution in [-0.4, -0.2) is 31.7 Å². The minimum absolute atomic E-state index is 0.197. The summed E-state index contributed by atoms with van der Waals surface area (Å²) in [6, 6.07) is 9.94. The summed E-state index contributed by atoms with van der Waals surface area (Å²) in [6.07, 6.45) is -3.43. The van der Waals surface area contributed by atoms with Crippen molar-refractivity contribution in [1.29, 1.82) is 0 Å². The Bertz CT molecular complexity index is 1240. The van der Waals surface area contributed by atoms with Crippen LogP contribution in [0.3, 0.4) is 0 Å². The van der Waals surface area contributed by atoms with Crippen LogP contribution in [0.2, 0.25) is 10.0 Å². The van der Waals surface area contributed by atoms with E-state index in [2.05, 4.69) is 4.98 Å². The predicted octanol–water partition coefficient (Wildman–Crippen LogP) is 6.50. The lowest BCUT2D eigenvalue weighted by molar-refractivity contribution is -0.137. The van der Waals surface area contributed by atoms with E-state index in [0.29, 0.717) is 30.6 Å². The second-order valence-electron chi connectivity index (χ2n) is 7.80. The van der Waals surface area contributed by atoms with Gasteiger partial charge in [-0.2, -0.15) is 13.2 Å².